The van der Waals surface area contributed by atoms with Crippen LogP contribution in [-0.2, 0) is 6.42 Å². The van der Waals surface area contributed by atoms with Crippen molar-refractivity contribution in [2.45, 2.75) is 83.5 Å². The predicted molar refractivity (Wildman–Crippen MR) is 108 cm³/mol. The molecule has 0 aliphatic heterocycles. The lowest BCUT2D eigenvalue weighted by Gasteiger charge is -2.03. The Morgan fingerprint density at radius 1 is 0.739 bits per heavy atom. The van der Waals surface area contributed by atoms with E-state index in [0.29, 0.717) is 6.61 Å². The summed E-state index contributed by atoms with van der Waals surface area (Å²) in [6, 6.07) is 4.43. The molecule has 23 heavy (non-hydrogen) atoms. The maximum absolute atomic E-state index is 8.69. The number of rotatable bonds is 17. The highest BCUT2D eigenvalue weighted by molar-refractivity contribution is 7.99. The van der Waals surface area contributed by atoms with Gasteiger partial charge in [-0.3, -0.25) is 0 Å². The molecule has 0 saturated heterocycles. The third kappa shape index (κ3) is 14.1. The van der Waals surface area contributed by atoms with Gasteiger partial charge in [0.1, 0.15) is 0 Å². The second kappa shape index (κ2) is 16.9. The third-order valence-corrected chi connectivity index (χ3v) is 6.26. The van der Waals surface area contributed by atoms with Gasteiger partial charge in [-0.15, -0.1) is 11.3 Å². The van der Waals surface area contributed by atoms with E-state index >= 15 is 0 Å². The Labute approximate surface area is 152 Å². The molecule has 0 fully saturated rings. The number of thioether (sulfide) groups is 1. The topological polar surface area (TPSA) is 20.2 Å². The van der Waals surface area contributed by atoms with Gasteiger partial charge in [-0.25, -0.2) is 0 Å². The number of aryl methyl sites for hydroxylation is 1. The van der Waals surface area contributed by atoms with Crippen molar-refractivity contribution in [2.24, 2.45) is 0 Å². The molecule has 1 nitrogen and oxygen atoms in total. The van der Waals surface area contributed by atoms with E-state index in [2.05, 4.69) is 17.5 Å². The molecule has 0 bridgehead atoms. The van der Waals surface area contributed by atoms with Crippen LogP contribution in [0.1, 0.15) is 81.9 Å². The molecule has 134 valence electrons. The van der Waals surface area contributed by atoms with Crippen LogP contribution in [0.3, 0.4) is 0 Å². The average molecular weight is 357 g/mol. The van der Waals surface area contributed by atoms with Crippen LogP contribution in [0.2, 0.25) is 0 Å². The van der Waals surface area contributed by atoms with Crippen LogP contribution in [0.25, 0.3) is 0 Å². The van der Waals surface area contributed by atoms with Gasteiger partial charge in [0.2, 0.25) is 0 Å². The molecule has 1 rings (SSSR count). The maximum Gasteiger partial charge on any atom is 0.0521 e. The number of unbranched alkanes of at least 4 members (excludes halogenated alkanes) is 11. The highest BCUT2D eigenvalue weighted by Gasteiger charge is 1.96. The van der Waals surface area contributed by atoms with Gasteiger partial charge in [0.05, 0.1) is 6.61 Å². The highest BCUT2D eigenvalue weighted by atomic mass is 32.2. The van der Waals surface area contributed by atoms with Gasteiger partial charge in [-0.2, -0.15) is 11.8 Å². The standard InChI is InChI=1S/C20H36OS2/c21-16-19-22-17-12-10-8-6-4-2-1-3-5-7-9-11-14-20-15-13-18-23-20/h13,15,18,21H,1-12,14,16-17,19H2. The van der Waals surface area contributed by atoms with Crippen LogP contribution in [0.15, 0.2) is 17.5 Å². The summed E-state index contributed by atoms with van der Waals surface area (Å²) in [6.07, 6.45) is 18.2. The SMILES string of the molecule is OCCSCCCCCCCCCCCCCCc1cccs1. The average Bonchev–Trinajstić information content (AvgIpc) is 3.08. The molecule has 0 spiro atoms. The molecule has 1 aromatic rings. The number of aliphatic hydroxyl groups is 1. The van der Waals surface area contributed by atoms with E-state index < -0.39 is 0 Å². The fourth-order valence-electron chi connectivity index (χ4n) is 2.89. The van der Waals surface area contributed by atoms with Crippen LogP contribution in [0.5, 0.6) is 0 Å². The maximum atomic E-state index is 8.69. The zero-order valence-electron chi connectivity index (χ0n) is 14.8. The quantitative estimate of drug-likeness (QED) is 0.313. The van der Waals surface area contributed by atoms with Crippen molar-refractivity contribution in [2.75, 3.05) is 18.1 Å². The normalized spacial score (nSPS) is 11.2. The number of hydrogen-bond acceptors (Lipinski definition) is 3. The zero-order chi connectivity index (χ0) is 16.4. The molecule has 0 atom stereocenters. The number of hydrogen-bond donors (Lipinski definition) is 1. The Balaban J connectivity index is 1.67. The molecule has 0 amide bonds. The molecule has 3 heteroatoms. The van der Waals surface area contributed by atoms with Gasteiger partial charge in [0, 0.05) is 10.6 Å². The minimum absolute atomic E-state index is 0.333. The van der Waals surface area contributed by atoms with Gasteiger partial charge >= 0.3 is 0 Å². The van der Waals surface area contributed by atoms with Crippen LogP contribution >= 0.6 is 23.1 Å². The van der Waals surface area contributed by atoms with Crippen molar-refractivity contribution in [3.63, 3.8) is 0 Å². The first-order valence-electron chi connectivity index (χ1n) is 9.64. The van der Waals surface area contributed by atoms with E-state index in [1.165, 1.54) is 89.2 Å². The van der Waals surface area contributed by atoms with Crippen LogP contribution < -0.4 is 0 Å². The second-order valence-corrected chi connectivity index (χ2v) is 8.66. The van der Waals surface area contributed by atoms with Gasteiger partial charge in [0.25, 0.3) is 0 Å². The first-order chi connectivity index (χ1) is 11.4. The molecule has 0 aliphatic rings. The summed E-state index contributed by atoms with van der Waals surface area (Å²) < 4.78 is 0. The number of aliphatic hydroxyl groups excluding tert-OH is 1. The van der Waals surface area contributed by atoms with E-state index in [1.54, 1.807) is 4.88 Å². The smallest absolute Gasteiger partial charge is 0.0521 e. The Bertz CT molecular complexity index is 324. The van der Waals surface area contributed by atoms with E-state index in [9.17, 15) is 0 Å². The summed E-state index contributed by atoms with van der Waals surface area (Å²) in [6.45, 7) is 0.333. The van der Waals surface area contributed by atoms with E-state index in [1.807, 2.05) is 23.1 Å². The molecule has 1 aromatic heterocycles. The third-order valence-electron chi connectivity index (χ3n) is 4.28. The lowest BCUT2D eigenvalue weighted by atomic mass is 10.0. The zero-order valence-corrected chi connectivity index (χ0v) is 16.4. The van der Waals surface area contributed by atoms with Crippen molar-refractivity contribution in [3.05, 3.63) is 22.4 Å². The van der Waals surface area contributed by atoms with Gasteiger partial charge in [-0.1, -0.05) is 70.3 Å². The second-order valence-electron chi connectivity index (χ2n) is 6.41. The Kier molecular flexibility index (Phi) is 15.4. The Hall–Kier alpha value is 0.01000. The van der Waals surface area contributed by atoms with Crippen molar-refractivity contribution >= 4 is 23.1 Å². The first kappa shape index (κ1) is 21.1. The molecule has 0 aromatic carbocycles. The Morgan fingerprint density at radius 2 is 1.30 bits per heavy atom. The van der Waals surface area contributed by atoms with Gasteiger partial charge < -0.3 is 5.11 Å². The fourth-order valence-corrected chi connectivity index (χ4v) is 4.39. The molecular weight excluding hydrogens is 320 g/mol. The summed E-state index contributed by atoms with van der Waals surface area (Å²) in [5.74, 6) is 2.14. The summed E-state index contributed by atoms with van der Waals surface area (Å²) in [5.41, 5.74) is 0. The minimum atomic E-state index is 0.333. The van der Waals surface area contributed by atoms with E-state index in [-0.39, 0.29) is 0 Å². The highest BCUT2D eigenvalue weighted by Crippen LogP contribution is 2.15. The summed E-state index contributed by atoms with van der Waals surface area (Å²) in [4.78, 5) is 1.55. The van der Waals surface area contributed by atoms with Crippen LogP contribution in [-0.4, -0.2) is 23.2 Å². The van der Waals surface area contributed by atoms with E-state index in [0.717, 1.165) is 5.75 Å². The van der Waals surface area contributed by atoms with Gasteiger partial charge in [-0.05, 0) is 36.5 Å². The summed E-state index contributed by atoms with van der Waals surface area (Å²) in [7, 11) is 0. The lowest BCUT2D eigenvalue weighted by molar-refractivity contribution is 0.322. The Morgan fingerprint density at radius 3 is 1.83 bits per heavy atom. The summed E-state index contributed by atoms with van der Waals surface area (Å²) in [5, 5.41) is 10.9. The van der Waals surface area contributed by atoms with Crippen molar-refractivity contribution in [1.29, 1.82) is 0 Å². The monoisotopic (exact) mass is 356 g/mol. The molecule has 0 saturated carbocycles. The van der Waals surface area contributed by atoms with E-state index in [4.69, 9.17) is 5.11 Å². The fraction of sp³-hybridized carbons (Fsp3) is 0.800. The largest absolute Gasteiger partial charge is 0.396 e. The van der Waals surface area contributed by atoms with Crippen LogP contribution in [0.4, 0.5) is 0 Å². The molecule has 0 unspecified atom stereocenters. The minimum Gasteiger partial charge on any atom is -0.396 e. The van der Waals surface area contributed by atoms with Crippen molar-refractivity contribution in [1.82, 2.24) is 0 Å². The lowest BCUT2D eigenvalue weighted by Crippen LogP contribution is -1.89. The molecule has 1 N–H and O–H groups in total. The van der Waals surface area contributed by atoms with Crippen LogP contribution in [0, 0.1) is 0 Å². The van der Waals surface area contributed by atoms with Gasteiger partial charge in [0.15, 0.2) is 0 Å². The summed E-state index contributed by atoms with van der Waals surface area (Å²) >= 11 is 3.79. The number of thiophene rings is 1. The van der Waals surface area contributed by atoms with Crippen molar-refractivity contribution < 1.29 is 5.11 Å². The first-order valence-corrected chi connectivity index (χ1v) is 11.7. The molecular formula is C20H36OS2. The molecule has 1 heterocycles. The molecule has 0 radical (unpaired) electrons. The predicted octanol–water partition coefficient (Wildman–Crippen LogP) is 6.70. The molecule has 0 aliphatic carbocycles. The van der Waals surface area contributed by atoms with Crippen molar-refractivity contribution in [3.8, 4) is 0 Å².